The number of hydrogen-bond donors (Lipinski definition) is 0. The molecule has 0 heterocycles. The molecule has 0 atom stereocenters. The summed E-state index contributed by atoms with van der Waals surface area (Å²) in [5.74, 6) is 0. The van der Waals surface area contributed by atoms with Crippen molar-refractivity contribution < 1.29 is 0 Å². The normalized spacial score (nSPS) is 13.2. The van der Waals surface area contributed by atoms with Crippen LogP contribution in [0.15, 0.2) is 194 Å². The van der Waals surface area contributed by atoms with E-state index in [1.54, 1.807) is 0 Å². The molecule has 6 aromatic carbocycles. The van der Waals surface area contributed by atoms with Crippen LogP contribution in [-0.4, -0.2) is 13.6 Å². The number of hydrogen-bond acceptors (Lipinski definition) is 2. The van der Waals surface area contributed by atoms with Crippen LogP contribution in [0.5, 0.6) is 0 Å². The molecular formula is C46H40N2. The molecule has 234 valence electrons. The maximum Gasteiger partial charge on any atom is 0.0567 e. The Labute approximate surface area is 284 Å². The Hall–Kier alpha value is -5.86. The molecule has 0 fully saturated rings. The predicted octanol–water partition coefficient (Wildman–Crippen LogP) is 12.5. The minimum Gasteiger partial charge on any atom is -0.344 e. The van der Waals surface area contributed by atoms with Crippen LogP contribution < -0.4 is 9.80 Å². The molecule has 0 saturated carbocycles. The second-order valence-electron chi connectivity index (χ2n) is 12.2. The molecule has 0 unspecified atom stereocenters. The highest BCUT2D eigenvalue weighted by atomic mass is 15.1. The van der Waals surface area contributed by atoms with Crippen molar-refractivity contribution in [3.05, 3.63) is 194 Å². The van der Waals surface area contributed by atoms with Gasteiger partial charge in [0.1, 0.15) is 0 Å². The van der Waals surface area contributed by atoms with Gasteiger partial charge in [-0.05, 0) is 88.4 Å². The Morgan fingerprint density at radius 2 is 1.25 bits per heavy atom. The van der Waals surface area contributed by atoms with Gasteiger partial charge < -0.3 is 9.80 Å². The molecule has 0 radical (unpaired) electrons. The topological polar surface area (TPSA) is 6.48 Å². The van der Waals surface area contributed by atoms with Crippen LogP contribution in [0, 0.1) is 0 Å². The zero-order valence-electron chi connectivity index (χ0n) is 27.5. The van der Waals surface area contributed by atoms with E-state index in [2.05, 4.69) is 187 Å². The predicted molar refractivity (Wildman–Crippen MR) is 209 cm³/mol. The monoisotopic (exact) mass is 620 g/mol. The van der Waals surface area contributed by atoms with Crippen molar-refractivity contribution in [3.8, 4) is 11.1 Å². The fourth-order valence-electron chi connectivity index (χ4n) is 6.63. The summed E-state index contributed by atoms with van der Waals surface area (Å²) in [5.41, 5.74) is 9.57. The molecule has 0 amide bonds. The van der Waals surface area contributed by atoms with E-state index in [0.717, 1.165) is 36.4 Å². The number of allylic oxidation sites excluding steroid dienone is 8. The molecule has 2 heteroatoms. The molecule has 0 N–H and O–H groups in total. The first-order valence-corrected chi connectivity index (χ1v) is 16.7. The molecule has 0 saturated heterocycles. The molecule has 1 aliphatic rings. The minimum absolute atomic E-state index is 0.745. The molecule has 0 bridgehead atoms. The van der Waals surface area contributed by atoms with Gasteiger partial charge in [0.15, 0.2) is 0 Å². The van der Waals surface area contributed by atoms with Crippen LogP contribution in [0.4, 0.5) is 22.7 Å². The summed E-state index contributed by atoms with van der Waals surface area (Å²) in [4.78, 5) is 4.69. The Bertz CT molecular complexity index is 2110. The maximum atomic E-state index is 3.89. The number of benzene rings is 6. The lowest BCUT2D eigenvalue weighted by atomic mass is 9.98. The molecule has 48 heavy (non-hydrogen) atoms. The number of rotatable bonds is 10. The van der Waals surface area contributed by atoms with Crippen molar-refractivity contribution in [1.29, 1.82) is 0 Å². The smallest absolute Gasteiger partial charge is 0.0567 e. The van der Waals surface area contributed by atoms with Gasteiger partial charge in [0.2, 0.25) is 0 Å². The van der Waals surface area contributed by atoms with E-state index in [-0.39, 0.29) is 0 Å². The fraction of sp³-hybridized carbons (Fsp3) is 0.0870. The van der Waals surface area contributed by atoms with Gasteiger partial charge in [0.25, 0.3) is 0 Å². The molecule has 2 nitrogen and oxygen atoms in total. The first-order valence-electron chi connectivity index (χ1n) is 16.7. The van der Waals surface area contributed by atoms with Gasteiger partial charge in [-0.25, -0.2) is 0 Å². The second kappa shape index (κ2) is 14.3. The van der Waals surface area contributed by atoms with Crippen molar-refractivity contribution in [3.63, 3.8) is 0 Å². The van der Waals surface area contributed by atoms with Crippen LogP contribution in [0.2, 0.25) is 0 Å². The molecule has 6 aromatic rings. The lowest BCUT2D eigenvalue weighted by Crippen LogP contribution is -2.17. The maximum absolute atomic E-state index is 3.89. The summed E-state index contributed by atoms with van der Waals surface area (Å²) in [5, 5.41) is 5.02. The summed E-state index contributed by atoms with van der Waals surface area (Å²) in [6.07, 6.45) is 17.3. The summed E-state index contributed by atoms with van der Waals surface area (Å²) in [7, 11) is 2.17. The highest BCUT2D eigenvalue weighted by Crippen LogP contribution is 2.39. The highest BCUT2D eigenvalue weighted by Gasteiger charge is 2.14. The Morgan fingerprint density at radius 1 is 0.667 bits per heavy atom. The van der Waals surface area contributed by atoms with Crippen molar-refractivity contribution >= 4 is 44.3 Å². The molecule has 0 aliphatic heterocycles. The van der Waals surface area contributed by atoms with Crippen molar-refractivity contribution in [2.24, 2.45) is 0 Å². The third kappa shape index (κ3) is 6.52. The van der Waals surface area contributed by atoms with Gasteiger partial charge >= 0.3 is 0 Å². The van der Waals surface area contributed by atoms with Crippen molar-refractivity contribution in [1.82, 2.24) is 0 Å². The molecule has 0 aromatic heterocycles. The lowest BCUT2D eigenvalue weighted by Gasteiger charge is -2.25. The lowest BCUT2D eigenvalue weighted by molar-refractivity contribution is 1.02. The van der Waals surface area contributed by atoms with Gasteiger partial charge in [0, 0.05) is 41.4 Å². The zero-order valence-corrected chi connectivity index (χ0v) is 27.5. The second-order valence-corrected chi connectivity index (χ2v) is 12.2. The average molecular weight is 621 g/mol. The SMILES string of the molecule is C=C/C=C\C(=C/CN(c1ccccc1)c1ccc(-c2ccc(N(C)c3c4ccccc4cc4ccccc34)cc2)cc1)C1=CCCC=C1. The number of fused-ring (bicyclic) bond motifs is 2. The van der Waals surface area contributed by atoms with Crippen LogP contribution in [0.25, 0.3) is 32.7 Å². The van der Waals surface area contributed by atoms with E-state index in [0.29, 0.717) is 0 Å². The third-order valence-corrected chi connectivity index (χ3v) is 9.15. The minimum atomic E-state index is 0.745. The Morgan fingerprint density at radius 3 is 1.85 bits per heavy atom. The van der Waals surface area contributed by atoms with Crippen molar-refractivity contribution in [2.75, 3.05) is 23.4 Å². The fourth-order valence-corrected chi connectivity index (χ4v) is 6.63. The van der Waals surface area contributed by atoms with Gasteiger partial charge in [-0.3, -0.25) is 0 Å². The summed E-state index contributed by atoms with van der Waals surface area (Å²) < 4.78 is 0. The highest BCUT2D eigenvalue weighted by molar-refractivity contribution is 6.12. The van der Waals surface area contributed by atoms with Gasteiger partial charge in [-0.1, -0.05) is 140 Å². The van der Waals surface area contributed by atoms with E-state index in [9.17, 15) is 0 Å². The summed E-state index contributed by atoms with van der Waals surface area (Å²) in [6, 6.07) is 48.1. The van der Waals surface area contributed by atoms with E-state index in [1.165, 1.54) is 49.5 Å². The average Bonchev–Trinajstić information content (AvgIpc) is 3.16. The quantitative estimate of drug-likeness (QED) is 0.111. The van der Waals surface area contributed by atoms with E-state index in [1.807, 2.05) is 12.2 Å². The van der Waals surface area contributed by atoms with Gasteiger partial charge in [0.05, 0.1) is 5.69 Å². The van der Waals surface area contributed by atoms with Crippen LogP contribution in [0.1, 0.15) is 12.8 Å². The first-order chi connectivity index (χ1) is 23.7. The van der Waals surface area contributed by atoms with Crippen molar-refractivity contribution in [2.45, 2.75) is 12.8 Å². The first kappa shape index (κ1) is 30.8. The van der Waals surface area contributed by atoms with E-state index < -0.39 is 0 Å². The molecule has 0 spiro atoms. The summed E-state index contributed by atoms with van der Waals surface area (Å²) >= 11 is 0. The Kier molecular flexibility index (Phi) is 9.15. The molecule has 7 rings (SSSR count). The van der Waals surface area contributed by atoms with Crippen LogP contribution in [-0.2, 0) is 0 Å². The molecule has 1 aliphatic carbocycles. The van der Waals surface area contributed by atoms with Gasteiger partial charge in [-0.15, -0.1) is 0 Å². The van der Waals surface area contributed by atoms with E-state index in [4.69, 9.17) is 0 Å². The van der Waals surface area contributed by atoms with Crippen LogP contribution in [0.3, 0.4) is 0 Å². The number of nitrogens with zero attached hydrogens (tertiary/aromatic N) is 2. The zero-order chi connectivity index (χ0) is 32.7. The van der Waals surface area contributed by atoms with Crippen LogP contribution >= 0.6 is 0 Å². The molecular weight excluding hydrogens is 581 g/mol. The van der Waals surface area contributed by atoms with E-state index >= 15 is 0 Å². The Balaban J connectivity index is 1.16. The number of anilines is 4. The number of para-hydroxylation sites is 1. The third-order valence-electron chi connectivity index (χ3n) is 9.15. The standard InChI is InChI=1S/C46H40N2/c1-3-4-15-36(35-16-7-5-8-17-35)32-33-48(42-20-9-6-10-21-42)43-30-26-38(27-31-43)37-24-28-41(29-25-37)47(2)46-44-22-13-11-18-39(44)34-40-19-12-14-23-45(40)46/h3-4,6-7,9-32,34H,1,5,8,33H2,2H3/b15-4-,36-32+. The summed E-state index contributed by atoms with van der Waals surface area (Å²) in [6.45, 7) is 4.63. The largest absolute Gasteiger partial charge is 0.344 e. The van der Waals surface area contributed by atoms with Gasteiger partial charge in [-0.2, -0.15) is 0 Å².